The molecule has 0 spiro atoms. The van der Waals surface area contributed by atoms with Crippen LogP contribution in [0.3, 0.4) is 0 Å². The van der Waals surface area contributed by atoms with Crippen LogP contribution in [0.5, 0.6) is 0 Å². The Morgan fingerprint density at radius 3 is 2.53 bits per heavy atom. The van der Waals surface area contributed by atoms with Crippen LogP contribution in [-0.2, 0) is 13.0 Å². The fourth-order valence-corrected chi connectivity index (χ4v) is 2.24. The second-order valence-electron chi connectivity index (χ2n) is 5.15. The van der Waals surface area contributed by atoms with Gasteiger partial charge in [0.1, 0.15) is 0 Å². The first-order chi connectivity index (χ1) is 7.83. The molecule has 0 radical (unpaired) electrons. The Kier molecular flexibility index (Phi) is 4.62. The van der Waals surface area contributed by atoms with Gasteiger partial charge in [-0.2, -0.15) is 5.10 Å². The molecule has 2 N–H and O–H groups in total. The smallest absolute Gasteiger partial charge is 0.0847 e. The summed E-state index contributed by atoms with van der Waals surface area (Å²) in [5.74, 6) is 0.457. The molecule has 1 rings (SSSR count). The first kappa shape index (κ1) is 14.5. The van der Waals surface area contributed by atoms with E-state index in [2.05, 4.69) is 32.8 Å². The molecule has 1 aromatic rings. The van der Waals surface area contributed by atoms with E-state index >= 15 is 0 Å². The summed E-state index contributed by atoms with van der Waals surface area (Å²) in [6.45, 7) is 11.3. The maximum atomic E-state index is 6.40. The minimum atomic E-state index is -0.238. The van der Waals surface area contributed by atoms with Crippen LogP contribution in [0.1, 0.15) is 45.5 Å². The third kappa shape index (κ3) is 3.02. The van der Waals surface area contributed by atoms with Gasteiger partial charge in [0.25, 0.3) is 0 Å². The molecule has 2 unspecified atom stereocenters. The van der Waals surface area contributed by atoms with Crippen LogP contribution in [-0.4, -0.2) is 15.3 Å². The van der Waals surface area contributed by atoms with Gasteiger partial charge >= 0.3 is 0 Å². The monoisotopic (exact) mass is 257 g/mol. The lowest BCUT2D eigenvalue weighted by Gasteiger charge is -2.31. The quantitative estimate of drug-likeness (QED) is 0.881. The van der Waals surface area contributed by atoms with Crippen molar-refractivity contribution >= 4 is 11.6 Å². The van der Waals surface area contributed by atoms with Crippen LogP contribution in [0.15, 0.2) is 0 Å². The van der Waals surface area contributed by atoms with Gasteiger partial charge in [0.15, 0.2) is 0 Å². The fraction of sp³-hybridized carbons (Fsp3) is 0.769. The third-order valence-corrected chi connectivity index (χ3v) is 4.23. The molecule has 0 aliphatic heterocycles. The van der Waals surface area contributed by atoms with Crippen LogP contribution in [0.25, 0.3) is 0 Å². The molecule has 0 fully saturated rings. The average molecular weight is 258 g/mol. The molecule has 4 heteroatoms. The number of hydrogen-bond acceptors (Lipinski definition) is 2. The largest absolute Gasteiger partial charge is 0.325 e. The van der Waals surface area contributed by atoms with Crippen molar-refractivity contribution in [3.05, 3.63) is 16.4 Å². The number of nitrogens with zero attached hydrogens (tertiary/aromatic N) is 2. The molecule has 0 amide bonds. The van der Waals surface area contributed by atoms with Gasteiger partial charge in [-0.1, -0.05) is 31.9 Å². The third-order valence-electron chi connectivity index (χ3n) is 3.74. The average Bonchev–Trinajstić information content (AvgIpc) is 2.55. The van der Waals surface area contributed by atoms with Crippen molar-refractivity contribution in [2.75, 3.05) is 0 Å². The van der Waals surface area contributed by atoms with Gasteiger partial charge in [-0.05, 0) is 26.7 Å². The minimum absolute atomic E-state index is 0.238. The van der Waals surface area contributed by atoms with E-state index in [1.807, 2.05) is 11.6 Å². The Bertz CT molecular complexity index is 382. The summed E-state index contributed by atoms with van der Waals surface area (Å²) in [5.41, 5.74) is 8.13. The van der Waals surface area contributed by atoms with Crippen molar-refractivity contribution < 1.29 is 0 Å². The lowest BCUT2D eigenvalue weighted by Crippen LogP contribution is -2.45. The van der Waals surface area contributed by atoms with E-state index in [1.54, 1.807) is 0 Å². The summed E-state index contributed by atoms with van der Waals surface area (Å²) >= 11 is 6.31. The van der Waals surface area contributed by atoms with E-state index in [0.717, 1.165) is 35.8 Å². The molecule has 0 saturated carbocycles. The number of rotatable bonds is 5. The summed E-state index contributed by atoms with van der Waals surface area (Å²) in [6.07, 6.45) is 1.85. The Morgan fingerprint density at radius 2 is 2.06 bits per heavy atom. The zero-order valence-corrected chi connectivity index (χ0v) is 12.3. The van der Waals surface area contributed by atoms with Crippen molar-refractivity contribution in [3.63, 3.8) is 0 Å². The van der Waals surface area contributed by atoms with Crippen LogP contribution < -0.4 is 5.73 Å². The lowest BCUT2D eigenvalue weighted by molar-refractivity contribution is 0.300. The Labute approximate surface area is 109 Å². The topological polar surface area (TPSA) is 43.8 Å². The summed E-state index contributed by atoms with van der Waals surface area (Å²) in [6, 6.07) is 0. The van der Waals surface area contributed by atoms with E-state index in [0.29, 0.717) is 5.92 Å². The zero-order chi connectivity index (χ0) is 13.2. The molecule has 3 nitrogen and oxygen atoms in total. The summed E-state index contributed by atoms with van der Waals surface area (Å²) in [5, 5.41) is 5.20. The predicted molar refractivity (Wildman–Crippen MR) is 73.4 cm³/mol. The molecular formula is C13H24ClN3. The number of halogens is 1. The van der Waals surface area contributed by atoms with Crippen LogP contribution in [0.4, 0.5) is 0 Å². The summed E-state index contributed by atoms with van der Waals surface area (Å²) in [7, 11) is 0. The first-order valence-corrected chi connectivity index (χ1v) is 6.71. The molecule has 0 aromatic carbocycles. The Morgan fingerprint density at radius 1 is 1.47 bits per heavy atom. The van der Waals surface area contributed by atoms with Gasteiger partial charge in [-0.15, -0.1) is 0 Å². The molecule has 0 aliphatic rings. The second kappa shape index (κ2) is 5.40. The van der Waals surface area contributed by atoms with Crippen molar-refractivity contribution in [2.24, 2.45) is 11.7 Å². The van der Waals surface area contributed by atoms with Crippen LogP contribution in [0, 0.1) is 12.8 Å². The number of hydrogen-bond donors (Lipinski definition) is 1. The lowest BCUT2D eigenvalue weighted by atomic mass is 9.82. The standard InChI is InChI=1S/C13H24ClN3/c1-6-9(3)13(5,15)8-11-12(14)10(4)16-17(11)7-2/h9H,6-8,15H2,1-5H3. The maximum Gasteiger partial charge on any atom is 0.0847 e. The highest BCUT2D eigenvalue weighted by molar-refractivity contribution is 6.31. The molecule has 0 saturated heterocycles. The summed E-state index contributed by atoms with van der Waals surface area (Å²) in [4.78, 5) is 0. The molecule has 0 bridgehead atoms. The highest BCUT2D eigenvalue weighted by Gasteiger charge is 2.28. The highest BCUT2D eigenvalue weighted by Crippen LogP contribution is 2.28. The highest BCUT2D eigenvalue weighted by atomic mass is 35.5. The maximum absolute atomic E-state index is 6.40. The number of aromatic nitrogens is 2. The number of aryl methyl sites for hydroxylation is 2. The molecule has 2 atom stereocenters. The molecule has 1 heterocycles. The predicted octanol–water partition coefficient (Wildman–Crippen LogP) is 3.17. The van der Waals surface area contributed by atoms with Gasteiger partial charge in [-0.25, -0.2) is 0 Å². The van der Waals surface area contributed by atoms with Crippen molar-refractivity contribution in [1.82, 2.24) is 9.78 Å². The molecule has 17 heavy (non-hydrogen) atoms. The van der Waals surface area contributed by atoms with Gasteiger partial charge in [0.05, 0.1) is 16.4 Å². The van der Waals surface area contributed by atoms with Gasteiger partial charge in [0, 0.05) is 18.5 Å². The fourth-order valence-electron chi connectivity index (χ4n) is 2.04. The molecule has 0 aliphatic carbocycles. The Balaban J connectivity index is 3.02. The zero-order valence-electron chi connectivity index (χ0n) is 11.5. The van der Waals surface area contributed by atoms with Gasteiger partial charge in [0.2, 0.25) is 0 Å². The van der Waals surface area contributed by atoms with E-state index in [-0.39, 0.29) is 5.54 Å². The molecule has 98 valence electrons. The van der Waals surface area contributed by atoms with E-state index in [4.69, 9.17) is 17.3 Å². The van der Waals surface area contributed by atoms with Crippen LogP contribution >= 0.6 is 11.6 Å². The normalized spacial score (nSPS) is 16.9. The van der Waals surface area contributed by atoms with Crippen LogP contribution in [0.2, 0.25) is 5.02 Å². The summed E-state index contributed by atoms with van der Waals surface area (Å²) < 4.78 is 1.96. The number of nitrogens with two attached hydrogens (primary N) is 1. The molecular weight excluding hydrogens is 234 g/mol. The Hall–Kier alpha value is -0.540. The molecule has 1 aromatic heterocycles. The first-order valence-electron chi connectivity index (χ1n) is 6.34. The minimum Gasteiger partial charge on any atom is -0.325 e. The van der Waals surface area contributed by atoms with Crippen molar-refractivity contribution in [3.8, 4) is 0 Å². The second-order valence-corrected chi connectivity index (χ2v) is 5.53. The van der Waals surface area contributed by atoms with E-state index in [1.165, 1.54) is 0 Å². The van der Waals surface area contributed by atoms with E-state index < -0.39 is 0 Å². The van der Waals surface area contributed by atoms with Crippen molar-refractivity contribution in [1.29, 1.82) is 0 Å². The van der Waals surface area contributed by atoms with E-state index in [9.17, 15) is 0 Å². The SMILES string of the molecule is CCC(C)C(C)(N)Cc1c(Cl)c(C)nn1CC. The van der Waals surface area contributed by atoms with Crippen molar-refractivity contribution in [2.45, 2.75) is 59.5 Å². The van der Waals surface area contributed by atoms with Gasteiger partial charge in [-0.3, -0.25) is 4.68 Å². The van der Waals surface area contributed by atoms with Gasteiger partial charge < -0.3 is 5.73 Å².